The highest BCUT2D eigenvalue weighted by Gasteiger charge is 2.25. The Morgan fingerprint density at radius 1 is 1.44 bits per heavy atom. The number of hydrogen-bond donors (Lipinski definition) is 1. The largest absolute Gasteiger partial charge is 0.481 e. The van der Waals surface area contributed by atoms with Crippen molar-refractivity contribution in [1.29, 1.82) is 0 Å². The zero-order valence-electron chi connectivity index (χ0n) is 11.0. The van der Waals surface area contributed by atoms with Crippen molar-refractivity contribution >= 4 is 17.3 Å². The number of carbonyl (C=O) groups is 1. The molecule has 4 nitrogen and oxygen atoms in total. The second-order valence-corrected chi connectivity index (χ2v) is 5.04. The fraction of sp³-hybridized carbons (Fsp3) is 0.500. The Kier molecular flexibility index (Phi) is 3.75. The number of benzene rings is 1. The lowest BCUT2D eigenvalue weighted by Gasteiger charge is -2.33. The molecule has 1 atom stereocenters. The first-order valence-electron chi connectivity index (χ1n) is 6.33. The molecule has 1 aromatic carbocycles. The van der Waals surface area contributed by atoms with Crippen LogP contribution in [0.2, 0.25) is 0 Å². The minimum atomic E-state index is -0.677. The number of carboxylic acid groups (broad SMARTS) is 1. The highest BCUT2D eigenvalue weighted by molar-refractivity contribution is 5.71. The van der Waals surface area contributed by atoms with E-state index in [4.69, 9.17) is 5.11 Å². The number of anilines is 2. The maximum atomic E-state index is 11.1. The minimum absolute atomic E-state index is 0.234. The Bertz CT molecular complexity index is 432. The standard InChI is InChI=1S/C14H20N2O2/c1-15(2)12-6-3-7-13(9-12)16-8-4-5-11(10-16)14(17)18/h3,6-7,9,11H,4-5,8,10H2,1-2H3,(H,17,18). The summed E-state index contributed by atoms with van der Waals surface area (Å²) in [6, 6.07) is 8.25. The molecule has 1 heterocycles. The molecule has 1 aromatic rings. The van der Waals surface area contributed by atoms with Crippen LogP contribution in [-0.4, -0.2) is 38.3 Å². The Balaban J connectivity index is 2.15. The molecule has 1 N–H and O–H groups in total. The molecule has 0 amide bonds. The highest BCUT2D eigenvalue weighted by atomic mass is 16.4. The predicted octanol–water partition coefficient (Wildman–Crippen LogP) is 2.05. The van der Waals surface area contributed by atoms with E-state index in [2.05, 4.69) is 28.0 Å². The van der Waals surface area contributed by atoms with Crippen molar-refractivity contribution in [2.24, 2.45) is 5.92 Å². The van der Waals surface area contributed by atoms with Crippen molar-refractivity contribution in [2.45, 2.75) is 12.8 Å². The van der Waals surface area contributed by atoms with Crippen LogP contribution in [0.5, 0.6) is 0 Å². The topological polar surface area (TPSA) is 43.8 Å². The first-order chi connectivity index (χ1) is 8.58. The molecule has 0 bridgehead atoms. The number of aliphatic carboxylic acids is 1. The van der Waals surface area contributed by atoms with Crippen molar-refractivity contribution < 1.29 is 9.90 Å². The molecule has 0 radical (unpaired) electrons. The predicted molar refractivity (Wildman–Crippen MR) is 73.3 cm³/mol. The average molecular weight is 248 g/mol. The Morgan fingerprint density at radius 3 is 2.89 bits per heavy atom. The van der Waals surface area contributed by atoms with Crippen LogP contribution in [0.15, 0.2) is 24.3 Å². The first-order valence-corrected chi connectivity index (χ1v) is 6.33. The maximum absolute atomic E-state index is 11.1. The van der Waals surface area contributed by atoms with Gasteiger partial charge in [-0.2, -0.15) is 0 Å². The van der Waals surface area contributed by atoms with Crippen molar-refractivity contribution in [3.8, 4) is 0 Å². The van der Waals surface area contributed by atoms with Crippen LogP contribution in [0.3, 0.4) is 0 Å². The van der Waals surface area contributed by atoms with Gasteiger partial charge in [0.05, 0.1) is 5.92 Å². The quantitative estimate of drug-likeness (QED) is 0.889. The van der Waals surface area contributed by atoms with Gasteiger partial charge in [0.2, 0.25) is 0 Å². The van der Waals surface area contributed by atoms with Gasteiger partial charge in [0.1, 0.15) is 0 Å². The number of rotatable bonds is 3. The van der Waals surface area contributed by atoms with Crippen LogP contribution in [0, 0.1) is 5.92 Å². The van der Waals surface area contributed by atoms with Crippen LogP contribution < -0.4 is 9.80 Å². The molecular weight excluding hydrogens is 228 g/mol. The van der Waals surface area contributed by atoms with E-state index in [9.17, 15) is 4.79 Å². The average Bonchev–Trinajstić information content (AvgIpc) is 2.39. The van der Waals surface area contributed by atoms with Crippen molar-refractivity contribution in [3.63, 3.8) is 0 Å². The Labute approximate surface area is 108 Å². The van der Waals surface area contributed by atoms with E-state index in [-0.39, 0.29) is 5.92 Å². The van der Waals surface area contributed by atoms with Crippen molar-refractivity contribution in [1.82, 2.24) is 0 Å². The lowest BCUT2D eigenvalue weighted by molar-refractivity contribution is -0.141. The Hall–Kier alpha value is -1.71. The van der Waals surface area contributed by atoms with Gasteiger partial charge in [0, 0.05) is 38.6 Å². The number of nitrogens with zero attached hydrogens (tertiary/aromatic N) is 2. The second kappa shape index (κ2) is 5.29. The summed E-state index contributed by atoms with van der Waals surface area (Å²) in [5.74, 6) is -0.912. The van der Waals surface area contributed by atoms with Gasteiger partial charge in [-0.1, -0.05) is 6.07 Å². The molecule has 98 valence electrons. The third-order valence-corrected chi connectivity index (χ3v) is 3.48. The van der Waals surface area contributed by atoms with E-state index >= 15 is 0 Å². The minimum Gasteiger partial charge on any atom is -0.481 e. The van der Waals surface area contributed by atoms with Crippen LogP contribution in [0.4, 0.5) is 11.4 Å². The van der Waals surface area contributed by atoms with Gasteiger partial charge in [-0.3, -0.25) is 4.79 Å². The lowest BCUT2D eigenvalue weighted by atomic mass is 9.98. The molecule has 1 aliphatic rings. The van der Waals surface area contributed by atoms with Gasteiger partial charge in [-0.05, 0) is 31.0 Å². The van der Waals surface area contributed by atoms with E-state index in [1.54, 1.807) is 0 Å². The molecular formula is C14H20N2O2. The van der Waals surface area contributed by atoms with Crippen molar-refractivity contribution in [2.75, 3.05) is 37.0 Å². The summed E-state index contributed by atoms with van der Waals surface area (Å²) in [5.41, 5.74) is 2.26. The SMILES string of the molecule is CN(C)c1cccc(N2CCCC(C(=O)O)C2)c1. The van der Waals surface area contributed by atoms with Crippen molar-refractivity contribution in [3.05, 3.63) is 24.3 Å². The normalized spacial score (nSPS) is 19.7. The molecule has 0 aliphatic carbocycles. The summed E-state index contributed by atoms with van der Waals surface area (Å²) in [5, 5.41) is 9.11. The second-order valence-electron chi connectivity index (χ2n) is 5.04. The van der Waals surface area contributed by atoms with E-state index < -0.39 is 5.97 Å². The zero-order chi connectivity index (χ0) is 13.1. The van der Waals surface area contributed by atoms with E-state index in [0.717, 1.165) is 30.8 Å². The molecule has 1 unspecified atom stereocenters. The molecule has 0 aromatic heterocycles. The maximum Gasteiger partial charge on any atom is 0.308 e. The van der Waals surface area contributed by atoms with Crippen LogP contribution in [-0.2, 0) is 4.79 Å². The van der Waals surface area contributed by atoms with E-state index in [1.165, 1.54) is 0 Å². The molecule has 4 heteroatoms. The zero-order valence-corrected chi connectivity index (χ0v) is 11.0. The summed E-state index contributed by atoms with van der Waals surface area (Å²) in [6.07, 6.45) is 1.74. The van der Waals surface area contributed by atoms with Crippen LogP contribution in [0.1, 0.15) is 12.8 Å². The smallest absolute Gasteiger partial charge is 0.308 e. The molecule has 0 saturated carbocycles. The van der Waals surface area contributed by atoms with Gasteiger partial charge in [-0.25, -0.2) is 0 Å². The highest BCUT2D eigenvalue weighted by Crippen LogP contribution is 2.26. The molecule has 2 rings (SSSR count). The number of piperidine rings is 1. The molecule has 1 fully saturated rings. The summed E-state index contributed by atoms with van der Waals surface area (Å²) in [7, 11) is 4.02. The third kappa shape index (κ3) is 2.75. The summed E-state index contributed by atoms with van der Waals surface area (Å²) in [4.78, 5) is 15.3. The van der Waals surface area contributed by atoms with Crippen LogP contribution >= 0.6 is 0 Å². The number of carboxylic acids is 1. The molecule has 18 heavy (non-hydrogen) atoms. The summed E-state index contributed by atoms with van der Waals surface area (Å²) in [6.45, 7) is 1.56. The molecule has 1 saturated heterocycles. The fourth-order valence-corrected chi connectivity index (χ4v) is 2.38. The van der Waals surface area contributed by atoms with Gasteiger partial charge < -0.3 is 14.9 Å². The van der Waals surface area contributed by atoms with Crippen LogP contribution in [0.25, 0.3) is 0 Å². The molecule has 0 spiro atoms. The van der Waals surface area contributed by atoms with Gasteiger partial charge in [0.25, 0.3) is 0 Å². The third-order valence-electron chi connectivity index (χ3n) is 3.48. The van der Waals surface area contributed by atoms with Gasteiger partial charge in [0.15, 0.2) is 0 Å². The van der Waals surface area contributed by atoms with E-state index in [1.807, 2.05) is 20.2 Å². The van der Waals surface area contributed by atoms with Gasteiger partial charge >= 0.3 is 5.97 Å². The fourth-order valence-electron chi connectivity index (χ4n) is 2.38. The van der Waals surface area contributed by atoms with E-state index in [0.29, 0.717) is 6.54 Å². The first kappa shape index (κ1) is 12.7. The number of hydrogen-bond acceptors (Lipinski definition) is 3. The lowest BCUT2D eigenvalue weighted by Crippen LogP contribution is -2.38. The summed E-state index contributed by atoms with van der Waals surface area (Å²) < 4.78 is 0. The summed E-state index contributed by atoms with van der Waals surface area (Å²) >= 11 is 0. The van der Waals surface area contributed by atoms with Gasteiger partial charge in [-0.15, -0.1) is 0 Å². The molecule has 1 aliphatic heterocycles. The monoisotopic (exact) mass is 248 g/mol. The Morgan fingerprint density at radius 2 is 2.22 bits per heavy atom.